The minimum Gasteiger partial charge on any atom is -0.481 e. The highest BCUT2D eigenvalue weighted by molar-refractivity contribution is 5.85. The van der Waals surface area contributed by atoms with Crippen molar-refractivity contribution in [3.8, 4) is 5.75 Å². The molecule has 1 fully saturated rings. The minimum absolute atomic E-state index is 0.0139. The van der Waals surface area contributed by atoms with Crippen LogP contribution in [0.2, 0.25) is 0 Å². The fraction of sp³-hybridized carbons (Fsp3) is 0.429. The topological polar surface area (TPSA) is 66.8 Å². The van der Waals surface area contributed by atoms with Gasteiger partial charge in [0.15, 0.2) is 18.2 Å². The highest BCUT2D eigenvalue weighted by Gasteiger charge is 2.39. The van der Waals surface area contributed by atoms with Gasteiger partial charge >= 0.3 is 5.97 Å². The normalized spacial score (nSPS) is 21.8. The summed E-state index contributed by atoms with van der Waals surface area (Å²) in [6, 6.07) is 4.95. The average molecular weight is 281 g/mol. The molecule has 1 aromatic carbocycles. The largest absolute Gasteiger partial charge is 0.481 e. The van der Waals surface area contributed by atoms with Gasteiger partial charge in [0.1, 0.15) is 6.04 Å². The van der Waals surface area contributed by atoms with Crippen LogP contribution >= 0.6 is 0 Å². The van der Waals surface area contributed by atoms with E-state index in [1.165, 1.54) is 23.1 Å². The van der Waals surface area contributed by atoms with Crippen molar-refractivity contribution in [3.05, 3.63) is 30.1 Å². The maximum atomic E-state index is 13.3. The molecule has 0 aromatic heterocycles. The zero-order valence-electron chi connectivity index (χ0n) is 11.1. The molecule has 2 atom stereocenters. The van der Waals surface area contributed by atoms with Crippen LogP contribution in [-0.4, -0.2) is 41.1 Å². The van der Waals surface area contributed by atoms with E-state index in [2.05, 4.69) is 0 Å². The van der Waals surface area contributed by atoms with E-state index in [1.54, 1.807) is 13.0 Å². The Kier molecular flexibility index (Phi) is 4.22. The summed E-state index contributed by atoms with van der Waals surface area (Å²) in [7, 11) is 0. The van der Waals surface area contributed by atoms with Crippen LogP contribution in [0.5, 0.6) is 5.75 Å². The van der Waals surface area contributed by atoms with Gasteiger partial charge in [0.05, 0.1) is 0 Å². The smallest absolute Gasteiger partial charge is 0.326 e. The molecular formula is C14H16FNO4. The third kappa shape index (κ3) is 2.89. The van der Waals surface area contributed by atoms with E-state index in [-0.39, 0.29) is 18.3 Å². The van der Waals surface area contributed by atoms with Crippen LogP contribution in [0.1, 0.15) is 13.3 Å². The molecule has 0 bridgehead atoms. The Hall–Kier alpha value is -2.11. The Bertz CT molecular complexity index is 520. The van der Waals surface area contributed by atoms with Crippen molar-refractivity contribution in [2.45, 2.75) is 19.4 Å². The van der Waals surface area contributed by atoms with Crippen molar-refractivity contribution in [1.29, 1.82) is 0 Å². The predicted octanol–water partition coefficient (Wildman–Crippen LogP) is 1.53. The number of benzene rings is 1. The molecule has 0 radical (unpaired) electrons. The van der Waals surface area contributed by atoms with E-state index in [1.807, 2.05) is 0 Å². The Morgan fingerprint density at radius 3 is 2.80 bits per heavy atom. The van der Waals surface area contributed by atoms with E-state index in [4.69, 9.17) is 9.84 Å². The molecule has 0 saturated carbocycles. The molecule has 1 amide bonds. The molecule has 5 nitrogen and oxygen atoms in total. The first-order valence-corrected chi connectivity index (χ1v) is 6.40. The number of carbonyl (C=O) groups excluding carboxylic acids is 1. The second kappa shape index (κ2) is 5.90. The quantitative estimate of drug-likeness (QED) is 0.908. The van der Waals surface area contributed by atoms with Gasteiger partial charge in [-0.15, -0.1) is 0 Å². The Balaban J connectivity index is 1.99. The van der Waals surface area contributed by atoms with Gasteiger partial charge < -0.3 is 14.7 Å². The molecule has 1 aromatic rings. The van der Waals surface area contributed by atoms with Gasteiger partial charge in [-0.2, -0.15) is 0 Å². The fourth-order valence-corrected chi connectivity index (χ4v) is 2.39. The van der Waals surface area contributed by atoms with Gasteiger partial charge in [0, 0.05) is 6.54 Å². The fourth-order valence-electron chi connectivity index (χ4n) is 2.39. The van der Waals surface area contributed by atoms with Crippen LogP contribution in [0.4, 0.5) is 4.39 Å². The van der Waals surface area contributed by atoms with E-state index in [0.29, 0.717) is 13.0 Å². The number of carboxylic acid groups (broad SMARTS) is 1. The van der Waals surface area contributed by atoms with Gasteiger partial charge in [0.2, 0.25) is 0 Å². The van der Waals surface area contributed by atoms with Crippen LogP contribution in [0, 0.1) is 11.7 Å². The molecular weight excluding hydrogens is 265 g/mol. The van der Waals surface area contributed by atoms with E-state index in [9.17, 15) is 14.0 Å². The van der Waals surface area contributed by atoms with Gasteiger partial charge in [-0.05, 0) is 24.5 Å². The number of hydrogen-bond acceptors (Lipinski definition) is 3. The first-order chi connectivity index (χ1) is 9.50. The lowest BCUT2D eigenvalue weighted by Crippen LogP contribution is -2.44. The van der Waals surface area contributed by atoms with Crippen LogP contribution in [0.3, 0.4) is 0 Å². The number of halogens is 1. The monoisotopic (exact) mass is 281 g/mol. The first kappa shape index (κ1) is 14.3. The van der Waals surface area contributed by atoms with E-state index >= 15 is 0 Å². The number of carboxylic acids is 1. The molecule has 2 unspecified atom stereocenters. The van der Waals surface area contributed by atoms with Crippen molar-refractivity contribution >= 4 is 11.9 Å². The number of rotatable bonds is 4. The zero-order chi connectivity index (χ0) is 14.7. The van der Waals surface area contributed by atoms with Gasteiger partial charge in [-0.25, -0.2) is 9.18 Å². The highest BCUT2D eigenvalue weighted by Crippen LogP contribution is 2.24. The number of ether oxygens (including phenoxy) is 1. The van der Waals surface area contributed by atoms with Crippen molar-refractivity contribution in [1.82, 2.24) is 4.90 Å². The molecule has 1 aliphatic heterocycles. The molecule has 0 spiro atoms. The first-order valence-electron chi connectivity index (χ1n) is 6.40. The van der Waals surface area contributed by atoms with Crippen LogP contribution in [-0.2, 0) is 9.59 Å². The Morgan fingerprint density at radius 1 is 1.45 bits per heavy atom. The van der Waals surface area contributed by atoms with Crippen LogP contribution < -0.4 is 4.74 Å². The number of para-hydroxylation sites is 1. The second-order valence-corrected chi connectivity index (χ2v) is 4.86. The number of amides is 1. The van der Waals surface area contributed by atoms with Crippen molar-refractivity contribution in [3.63, 3.8) is 0 Å². The predicted molar refractivity (Wildman–Crippen MR) is 68.8 cm³/mol. The third-order valence-corrected chi connectivity index (χ3v) is 3.46. The maximum absolute atomic E-state index is 13.3. The number of hydrogen-bond donors (Lipinski definition) is 1. The minimum atomic E-state index is -1.02. The van der Waals surface area contributed by atoms with Gasteiger partial charge in [0.25, 0.3) is 5.91 Å². The number of likely N-dealkylation sites (tertiary alicyclic amines) is 1. The summed E-state index contributed by atoms with van der Waals surface area (Å²) in [4.78, 5) is 24.5. The highest BCUT2D eigenvalue weighted by atomic mass is 19.1. The standard InChI is InChI=1S/C14H16FNO4/c1-9-6-7-16(13(9)14(18)19)12(17)8-20-11-5-3-2-4-10(11)15/h2-5,9,13H,6-8H2,1H3,(H,18,19). The van der Waals surface area contributed by atoms with E-state index < -0.39 is 23.7 Å². The summed E-state index contributed by atoms with van der Waals surface area (Å²) in [6.45, 7) is 1.82. The summed E-state index contributed by atoms with van der Waals surface area (Å²) in [5, 5.41) is 9.14. The third-order valence-electron chi connectivity index (χ3n) is 3.46. The van der Waals surface area contributed by atoms with Gasteiger partial charge in [-0.3, -0.25) is 4.79 Å². The summed E-state index contributed by atoms with van der Waals surface area (Å²) in [6.07, 6.45) is 0.641. The molecule has 1 heterocycles. The Labute approximate surface area is 116 Å². The molecule has 20 heavy (non-hydrogen) atoms. The summed E-state index contributed by atoms with van der Waals surface area (Å²) >= 11 is 0. The average Bonchev–Trinajstić information content (AvgIpc) is 2.79. The molecule has 0 aliphatic carbocycles. The molecule has 1 saturated heterocycles. The van der Waals surface area contributed by atoms with E-state index in [0.717, 1.165) is 0 Å². The Morgan fingerprint density at radius 2 is 2.15 bits per heavy atom. The molecule has 108 valence electrons. The lowest BCUT2D eigenvalue weighted by Gasteiger charge is -2.23. The van der Waals surface area contributed by atoms with Crippen molar-refractivity contribution < 1.29 is 23.8 Å². The number of nitrogens with zero attached hydrogens (tertiary/aromatic N) is 1. The van der Waals surface area contributed by atoms with Gasteiger partial charge in [-0.1, -0.05) is 19.1 Å². The number of aliphatic carboxylic acids is 1. The molecule has 6 heteroatoms. The molecule has 1 aliphatic rings. The van der Waals surface area contributed by atoms with Crippen LogP contribution in [0.25, 0.3) is 0 Å². The molecule has 2 rings (SSSR count). The molecule has 1 N–H and O–H groups in total. The second-order valence-electron chi connectivity index (χ2n) is 4.86. The zero-order valence-corrected chi connectivity index (χ0v) is 11.1. The van der Waals surface area contributed by atoms with Crippen LogP contribution in [0.15, 0.2) is 24.3 Å². The van der Waals surface area contributed by atoms with Crippen molar-refractivity contribution in [2.75, 3.05) is 13.2 Å². The number of carbonyl (C=O) groups is 2. The summed E-state index contributed by atoms with van der Waals surface area (Å²) < 4.78 is 18.5. The SMILES string of the molecule is CC1CCN(C(=O)COc2ccccc2F)C1C(=O)O. The summed E-state index contributed by atoms with van der Waals surface area (Å²) in [5.41, 5.74) is 0. The lowest BCUT2D eigenvalue weighted by atomic mass is 10.0. The lowest BCUT2D eigenvalue weighted by molar-refractivity contribution is -0.150. The summed E-state index contributed by atoms with van der Waals surface area (Å²) in [5.74, 6) is -2.12. The van der Waals surface area contributed by atoms with Crippen molar-refractivity contribution in [2.24, 2.45) is 5.92 Å². The maximum Gasteiger partial charge on any atom is 0.326 e.